The maximum absolute atomic E-state index is 5.78. The standard InChI is InChI=1S/C16H26N4/c1-11(2)9-12(3)10-14(18-17)16-13-7-5-6-8-15(13)20(4)19-16/h5-8,11-12,14,18H,9-10,17H2,1-4H3. The summed E-state index contributed by atoms with van der Waals surface area (Å²) in [5.41, 5.74) is 5.16. The maximum atomic E-state index is 5.78. The van der Waals surface area contributed by atoms with Crippen molar-refractivity contribution in [3.63, 3.8) is 0 Å². The highest BCUT2D eigenvalue weighted by Gasteiger charge is 2.20. The molecule has 0 spiro atoms. The minimum Gasteiger partial charge on any atom is -0.271 e. The van der Waals surface area contributed by atoms with Gasteiger partial charge in [0.25, 0.3) is 0 Å². The Morgan fingerprint density at radius 3 is 2.55 bits per heavy atom. The first-order valence-electron chi connectivity index (χ1n) is 7.40. The second-order valence-corrected chi connectivity index (χ2v) is 6.22. The number of para-hydroxylation sites is 1. The van der Waals surface area contributed by atoms with Gasteiger partial charge in [0.2, 0.25) is 0 Å². The van der Waals surface area contributed by atoms with Crippen molar-refractivity contribution >= 4 is 10.9 Å². The van der Waals surface area contributed by atoms with Gasteiger partial charge in [0, 0.05) is 12.4 Å². The van der Waals surface area contributed by atoms with Crippen molar-refractivity contribution in [3.05, 3.63) is 30.0 Å². The van der Waals surface area contributed by atoms with Crippen molar-refractivity contribution < 1.29 is 0 Å². The molecule has 2 rings (SSSR count). The molecule has 3 N–H and O–H groups in total. The van der Waals surface area contributed by atoms with E-state index in [1.54, 1.807) is 0 Å². The first-order chi connectivity index (χ1) is 9.52. The van der Waals surface area contributed by atoms with Gasteiger partial charge >= 0.3 is 0 Å². The summed E-state index contributed by atoms with van der Waals surface area (Å²) >= 11 is 0. The number of hydrogen-bond acceptors (Lipinski definition) is 3. The van der Waals surface area contributed by atoms with Crippen molar-refractivity contribution in [1.29, 1.82) is 0 Å². The molecule has 20 heavy (non-hydrogen) atoms. The van der Waals surface area contributed by atoms with Crippen molar-refractivity contribution in [3.8, 4) is 0 Å². The predicted octanol–water partition coefficient (Wildman–Crippen LogP) is 3.15. The van der Waals surface area contributed by atoms with Crippen molar-refractivity contribution in [1.82, 2.24) is 15.2 Å². The van der Waals surface area contributed by atoms with Crippen LogP contribution in [0, 0.1) is 11.8 Å². The molecule has 2 atom stereocenters. The van der Waals surface area contributed by atoms with Crippen LogP contribution < -0.4 is 11.3 Å². The molecule has 1 aromatic carbocycles. The number of hydrogen-bond donors (Lipinski definition) is 2. The number of fused-ring (bicyclic) bond motifs is 1. The molecule has 0 bridgehead atoms. The lowest BCUT2D eigenvalue weighted by atomic mass is 9.91. The van der Waals surface area contributed by atoms with E-state index >= 15 is 0 Å². The van der Waals surface area contributed by atoms with Crippen LogP contribution in [0.2, 0.25) is 0 Å². The maximum Gasteiger partial charge on any atom is 0.0886 e. The van der Waals surface area contributed by atoms with Crippen LogP contribution >= 0.6 is 0 Å². The van der Waals surface area contributed by atoms with Gasteiger partial charge in [-0.3, -0.25) is 16.0 Å². The van der Waals surface area contributed by atoms with Gasteiger partial charge in [-0.15, -0.1) is 0 Å². The SMILES string of the molecule is CC(C)CC(C)CC(NN)c1nn(C)c2ccccc12. The molecule has 0 aliphatic heterocycles. The molecular weight excluding hydrogens is 248 g/mol. The van der Waals surface area contributed by atoms with E-state index in [1.807, 2.05) is 17.8 Å². The van der Waals surface area contributed by atoms with E-state index in [9.17, 15) is 0 Å². The summed E-state index contributed by atoms with van der Waals surface area (Å²) in [4.78, 5) is 0. The van der Waals surface area contributed by atoms with E-state index in [2.05, 4.69) is 49.5 Å². The van der Waals surface area contributed by atoms with Gasteiger partial charge in [0.1, 0.15) is 0 Å². The Morgan fingerprint density at radius 1 is 1.20 bits per heavy atom. The number of rotatable bonds is 6. The lowest BCUT2D eigenvalue weighted by Gasteiger charge is -2.20. The summed E-state index contributed by atoms with van der Waals surface area (Å²) in [5.74, 6) is 7.12. The quantitative estimate of drug-likeness (QED) is 0.628. The molecule has 0 fully saturated rings. The zero-order chi connectivity index (χ0) is 14.7. The van der Waals surface area contributed by atoms with Crippen LogP contribution in [-0.2, 0) is 7.05 Å². The van der Waals surface area contributed by atoms with Gasteiger partial charge < -0.3 is 0 Å². The van der Waals surface area contributed by atoms with E-state index in [4.69, 9.17) is 5.84 Å². The number of aryl methyl sites for hydroxylation is 1. The molecule has 1 heterocycles. The third kappa shape index (κ3) is 3.19. The van der Waals surface area contributed by atoms with E-state index in [-0.39, 0.29) is 6.04 Å². The Hall–Kier alpha value is -1.39. The van der Waals surface area contributed by atoms with Crippen molar-refractivity contribution in [2.75, 3.05) is 0 Å². The largest absolute Gasteiger partial charge is 0.271 e. The van der Waals surface area contributed by atoms with Crippen LogP contribution in [0.5, 0.6) is 0 Å². The molecule has 0 aliphatic carbocycles. The van der Waals surface area contributed by atoms with Crippen LogP contribution in [0.15, 0.2) is 24.3 Å². The van der Waals surface area contributed by atoms with E-state index in [1.165, 1.54) is 11.8 Å². The fourth-order valence-electron chi connectivity index (χ4n) is 3.06. The third-order valence-electron chi connectivity index (χ3n) is 3.83. The Labute approximate surface area is 121 Å². The zero-order valence-corrected chi connectivity index (χ0v) is 12.9. The lowest BCUT2D eigenvalue weighted by Crippen LogP contribution is -2.30. The van der Waals surface area contributed by atoms with E-state index in [0.29, 0.717) is 11.8 Å². The number of nitrogens with zero attached hydrogens (tertiary/aromatic N) is 2. The highest BCUT2D eigenvalue weighted by atomic mass is 15.3. The summed E-state index contributed by atoms with van der Waals surface area (Å²) in [6, 6.07) is 8.42. The Bertz CT molecular complexity index is 559. The molecule has 0 saturated heterocycles. The van der Waals surface area contributed by atoms with Gasteiger partial charge in [-0.2, -0.15) is 5.10 Å². The van der Waals surface area contributed by atoms with Crippen molar-refractivity contribution in [2.24, 2.45) is 24.7 Å². The summed E-state index contributed by atoms with van der Waals surface area (Å²) in [5, 5.41) is 5.86. The molecule has 1 aromatic heterocycles. The fraction of sp³-hybridized carbons (Fsp3) is 0.562. The van der Waals surface area contributed by atoms with Gasteiger partial charge in [-0.05, 0) is 30.7 Å². The topological polar surface area (TPSA) is 55.9 Å². The van der Waals surface area contributed by atoms with Crippen LogP contribution in [-0.4, -0.2) is 9.78 Å². The average Bonchev–Trinajstić information content (AvgIpc) is 2.73. The minimum atomic E-state index is 0.106. The Balaban J connectivity index is 2.26. The summed E-state index contributed by atoms with van der Waals surface area (Å²) in [7, 11) is 1.98. The number of benzene rings is 1. The first-order valence-corrected chi connectivity index (χ1v) is 7.40. The van der Waals surface area contributed by atoms with Gasteiger partial charge in [-0.25, -0.2) is 0 Å². The molecule has 2 unspecified atom stereocenters. The zero-order valence-electron chi connectivity index (χ0n) is 12.9. The Kier molecular flexibility index (Phi) is 4.78. The van der Waals surface area contributed by atoms with Crippen LogP contribution in [0.25, 0.3) is 10.9 Å². The second-order valence-electron chi connectivity index (χ2n) is 6.22. The molecule has 0 radical (unpaired) electrons. The molecule has 0 saturated carbocycles. The monoisotopic (exact) mass is 274 g/mol. The summed E-state index contributed by atoms with van der Waals surface area (Å²) in [6.07, 6.45) is 2.22. The number of aromatic nitrogens is 2. The number of nitrogens with two attached hydrogens (primary N) is 1. The average molecular weight is 274 g/mol. The van der Waals surface area contributed by atoms with Crippen molar-refractivity contribution in [2.45, 2.75) is 39.7 Å². The normalized spacial score (nSPS) is 14.9. The van der Waals surface area contributed by atoms with Gasteiger partial charge in [0.15, 0.2) is 0 Å². The third-order valence-corrected chi connectivity index (χ3v) is 3.83. The molecule has 0 amide bonds. The van der Waals surface area contributed by atoms with Crippen LogP contribution in [0.3, 0.4) is 0 Å². The highest BCUT2D eigenvalue weighted by molar-refractivity contribution is 5.82. The van der Waals surface area contributed by atoms with Gasteiger partial charge in [-0.1, -0.05) is 39.0 Å². The molecular formula is C16H26N4. The number of nitrogens with one attached hydrogen (secondary N) is 1. The second kappa shape index (κ2) is 6.37. The molecule has 2 aromatic rings. The smallest absolute Gasteiger partial charge is 0.0886 e. The highest BCUT2D eigenvalue weighted by Crippen LogP contribution is 2.28. The molecule has 110 valence electrons. The summed E-state index contributed by atoms with van der Waals surface area (Å²) < 4.78 is 1.93. The summed E-state index contributed by atoms with van der Waals surface area (Å²) in [6.45, 7) is 6.81. The molecule has 0 aliphatic rings. The fourth-order valence-corrected chi connectivity index (χ4v) is 3.06. The predicted molar refractivity (Wildman–Crippen MR) is 84.0 cm³/mol. The minimum absolute atomic E-state index is 0.106. The Morgan fingerprint density at radius 2 is 1.90 bits per heavy atom. The van der Waals surface area contributed by atoms with Crippen LogP contribution in [0.4, 0.5) is 0 Å². The van der Waals surface area contributed by atoms with E-state index in [0.717, 1.165) is 17.6 Å². The first kappa shape index (κ1) is 15.0. The van der Waals surface area contributed by atoms with E-state index < -0.39 is 0 Å². The lowest BCUT2D eigenvalue weighted by molar-refractivity contribution is 0.355. The molecule has 4 heteroatoms. The number of hydrazine groups is 1. The van der Waals surface area contributed by atoms with Gasteiger partial charge in [0.05, 0.1) is 17.3 Å². The van der Waals surface area contributed by atoms with Crippen LogP contribution in [0.1, 0.15) is 45.3 Å². The molecule has 4 nitrogen and oxygen atoms in total.